The van der Waals surface area contributed by atoms with Gasteiger partial charge in [0.25, 0.3) is 0 Å². The number of anilines is 1. The topological polar surface area (TPSA) is 75.3 Å². The monoisotopic (exact) mass is 284 g/mol. The van der Waals surface area contributed by atoms with E-state index in [-0.39, 0.29) is 17.7 Å². The quantitative estimate of drug-likeness (QED) is 0.738. The minimum Gasteiger partial charge on any atom is -0.506 e. The largest absolute Gasteiger partial charge is 0.506 e. The molecule has 21 heavy (non-hydrogen) atoms. The van der Waals surface area contributed by atoms with Gasteiger partial charge in [0.2, 0.25) is 5.91 Å². The second kappa shape index (κ2) is 6.90. The summed E-state index contributed by atoms with van der Waals surface area (Å²) in [4.78, 5) is 11.9. The Morgan fingerprint density at radius 1 is 1.24 bits per heavy atom. The molecule has 2 aromatic rings. The van der Waals surface area contributed by atoms with Crippen molar-refractivity contribution < 1.29 is 9.90 Å². The van der Waals surface area contributed by atoms with Crippen molar-refractivity contribution in [3.05, 3.63) is 59.7 Å². The Hall–Kier alpha value is -2.33. The number of aryl methyl sites for hydroxylation is 1. The molecule has 0 aromatic heterocycles. The van der Waals surface area contributed by atoms with Crippen molar-refractivity contribution in [2.45, 2.75) is 25.8 Å². The van der Waals surface area contributed by atoms with Gasteiger partial charge in [-0.1, -0.05) is 36.4 Å². The average molecular weight is 284 g/mol. The lowest BCUT2D eigenvalue weighted by Crippen LogP contribution is -2.16. The number of rotatable bonds is 5. The van der Waals surface area contributed by atoms with E-state index in [4.69, 9.17) is 5.73 Å². The van der Waals surface area contributed by atoms with Crippen molar-refractivity contribution in [1.82, 2.24) is 0 Å². The van der Waals surface area contributed by atoms with Gasteiger partial charge >= 0.3 is 0 Å². The molecular weight excluding hydrogens is 264 g/mol. The lowest BCUT2D eigenvalue weighted by atomic mass is 10.0. The van der Waals surface area contributed by atoms with Gasteiger partial charge in [0.1, 0.15) is 5.75 Å². The molecule has 4 nitrogen and oxygen atoms in total. The first kappa shape index (κ1) is 15.1. The standard InChI is InChI=1S/C17H20N2O2/c1-12-7-9-16(20)15(11-12)19-17(21)10-8-14(18)13-5-3-2-4-6-13/h2-7,9,11,14,20H,8,10,18H2,1H3,(H,19,21). The minimum atomic E-state index is -0.164. The number of nitrogens with one attached hydrogen (secondary N) is 1. The highest BCUT2D eigenvalue weighted by molar-refractivity contribution is 5.92. The molecule has 0 aliphatic heterocycles. The number of benzene rings is 2. The van der Waals surface area contributed by atoms with Gasteiger partial charge in [-0.25, -0.2) is 0 Å². The number of aromatic hydroxyl groups is 1. The minimum absolute atomic E-state index is 0.0707. The molecule has 0 fully saturated rings. The van der Waals surface area contributed by atoms with Crippen molar-refractivity contribution in [2.24, 2.45) is 5.73 Å². The predicted octanol–water partition coefficient (Wildman–Crippen LogP) is 3.12. The fraction of sp³-hybridized carbons (Fsp3) is 0.235. The molecule has 0 saturated carbocycles. The smallest absolute Gasteiger partial charge is 0.224 e. The highest BCUT2D eigenvalue weighted by atomic mass is 16.3. The van der Waals surface area contributed by atoms with Gasteiger partial charge in [0, 0.05) is 12.5 Å². The van der Waals surface area contributed by atoms with Gasteiger partial charge < -0.3 is 16.2 Å². The van der Waals surface area contributed by atoms with E-state index in [1.165, 1.54) is 0 Å². The summed E-state index contributed by atoms with van der Waals surface area (Å²) in [7, 11) is 0. The molecule has 0 radical (unpaired) electrons. The van der Waals surface area contributed by atoms with Crippen LogP contribution in [0.5, 0.6) is 5.75 Å². The molecule has 0 bridgehead atoms. The molecule has 0 aliphatic carbocycles. The van der Waals surface area contributed by atoms with Crippen molar-refractivity contribution in [2.75, 3.05) is 5.32 Å². The Kier molecular flexibility index (Phi) is 4.95. The Bertz CT molecular complexity index is 611. The lowest BCUT2D eigenvalue weighted by molar-refractivity contribution is -0.116. The van der Waals surface area contributed by atoms with Crippen LogP contribution < -0.4 is 11.1 Å². The Morgan fingerprint density at radius 2 is 1.95 bits per heavy atom. The van der Waals surface area contributed by atoms with Crippen molar-refractivity contribution in [1.29, 1.82) is 0 Å². The van der Waals surface area contributed by atoms with E-state index in [1.807, 2.05) is 37.3 Å². The Balaban J connectivity index is 1.89. The summed E-state index contributed by atoms with van der Waals surface area (Å²) < 4.78 is 0. The first-order valence-corrected chi connectivity index (χ1v) is 6.96. The van der Waals surface area contributed by atoms with Gasteiger partial charge in [-0.3, -0.25) is 4.79 Å². The molecule has 1 amide bonds. The molecule has 1 unspecified atom stereocenters. The fourth-order valence-corrected chi connectivity index (χ4v) is 2.12. The van der Waals surface area contributed by atoms with E-state index in [2.05, 4.69) is 5.32 Å². The van der Waals surface area contributed by atoms with Crippen LogP contribution in [-0.2, 0) is 4.79 Å². The van der Waals surface area contributed by atoms with Gasteiger partial charge in [0.05, 0.1) is 5.69 Å². The van der Waals surface area contributed by atoms with Gasteiger partial charge in [-0.15, -0.1) is 0 Å². The number of carbonyl (C=O) groups excluding carboxylic acids is 1. The zero-order valence-corrected chi connectivity index (χ0v) is 12.0. The molecule has 1 atom stereocenters. The van der Waals surface area contributed by atoms with Crippen LogP contribution in [0.25, 0.3) is 0 Å². The number of amides is 1. The molecule has 110 valence electrons. The molecule has 0 spiro atoms. The Labute approximate surface area is 124 Å². The third kappa shape index (κ3) is 4.33. The second-order valence-corrected chi connectivity index (χ2v) is 5.12. The summed E-state index contributed by atoms with van der Waals surface area (Å²) in [5.41, 5.74) is 8.49. The van der Waals surface area contributed by atoms with Crippen molar-refractivity contribution in [3.8, 4) is 5.75 Å². The molecule has 0 saturated heterocycles. The summed E-state index contributed by atoms with van der Waals surface area (Å²) >= 11 is 0. The van der Waals surface area contributed by atoms with E-state index in [0.29, 0.717) is 18.5 Å². The molecule has 4 N–H and O–H groups in total. The highest BCUT2D eigenvalue weighted by Crippen LogP contribution is 2.24. The summed E-state index contributed by atoms with van der Waals surface area (Å²) in [5.74, 6) is -0.0800. The summed E-state index contributed by atoms with van der Waals surface area (Å²) in [6, 6.07) is 14.6. The Morgan fingerprint density at radius 3 is 2.67 bits per heavy atom. The highest BCUT2D eigenvalue weighted by Gasteiger charge is 2.10. The van der Waals surface area contributed by atoms with Crippen LogP contribution in [0.15, 0.2) is 48.5 Å². The van der Waals surface area contributed by atoms with E-state index >= 15 is 0 Å². The molecular formula is C17H20N2O2. The van der Waals surface area contributed by atoms with E-state index < -0.39 is 0 Å². The van der Waals surface area contributed by atoms with Crippen molar-refractivity contribution >= 4 is 11.6 Å². The van der Waals surface area contributed by atoms with Crippen LogP contribution >= 0.6 is 0 Å². The SMILES string of the molecule is Cc1ccc(O)c(NC(=O)CCC(N)c2ccccc2)c1. The maximum atomic E-state index is 11.9. The maximum absolute atomic E-state index is 11.9. The number of carbonyl (C=O) groups is 1. The average Bonchev–Trinajstić information content (AvgIpc) is 2.49. The maximum Gasteiger partial charge on any atom is 0.224 e. The number of phenols is 1. The van der Waals surface area contributed by atoms with Crippen LogP contribution in [0.2, 0.25) is 0 Å². The second-order valence-electron chi connectivity index (χ2n) is 5.12. The predicted molar refractivity (Wildman–Crippen MR) is 84.1 cm³/mol. The third-order valence-corrected chi connectivity index (χ3v) is 3.34. The van der Waals surface area contributed by atoms with Crippen LogP contribution in [0.1, 0.15) is 30.0 Å². The van der Waals surface area contributed by atoms with Gasteiger partial charge in [-0.05, 0) is 36.6 Å². The molecule has 0 heterocycles. The number of phenolic OH excluding ortho intramolecular Hbond substituents is 1. The normalized spacial score (nSPS) is 11.9. The third-order valence-electron chi connectivity index (χ3n) is 3.34. The van der Waals surface area contributed by atoms with E-state index in [1.54, 1.807) is 18.2 Å². The molecule has 0 aliphatic rings. The first-order chi connectivity index (χ1) is 10.1. The number of nitrogens with two attached hydrogens (primary N) is 1. The molecule has 2 rings (SSSR count). The van der Waals surface area contributed by atoms with E-state index in [0.717, 1.165) is 11.1 Å². The zero-order chi connectivity index (χ0) is 15.2. The van der Waals surface area contributed by atoms with Crippen LogP contribution in [0.3, 0.4) is 0 Å². The molecule has 4 heteroatoms. The van der Waals surface area contributed by atoms with Gasteiger partial charge in [-0.2, -0.15) is 0 Å². The number of hydrogen-bond acceptors (Lipinski definition) is 3. The van der Waals surface area contributed by atoms with Crippen LogP contribution in [0, 0.1) is 6.92 Å². The van der Waals surface area contributed by atoms with Crippen molar-refractivity contribution in [3.63, 3.8) is 0 Å². The summed E-state index contributed by atoms with van der Waals surface area (Å²) in [5, 5.41) is 12.4. The summed E-state index contributed by atoms with van der Waals surface area (Å²) in [6.45, 7) is 1.90. The zero-order valence-electron chi connectivity index (χ0n) is 12.0. The number of hydrogen-bond donors (Lipinski definition) is 3. The van der Waals surface area contributed by atoms with Crippen LogP contribution in [-0.4, -0.2) is 11.0 Å². The molecule has 2 aromatic carbocycles. The van der Waals surface area contributed by atoms with Gasteiger partial charge in [0.15, 0.2) is 0 Å². The fourth-order valence-electron chi connectivity index (χ4n) is 2.12. The first-order valence-electron chi connectivity index (χ1n) is 6.96. The lowest BCUT2D eigenvalue weighted by Gasteiger charge is -2.12. The summed E-state index contributed by atoms with van der Waals surface area (Å²) in [6.07, 6.45) is 0.867. The van der Waals surface area contributed by atoms with E-state index in [9.17, 15) is 9.90 Å². The van der Waals surface area contributed by atoms with Crippen LogP contribution in [0.4, 0.5) is 5.69 Å².